The van der Waals surface area contributed by atoms with Gasteiger partial charge in [-0.1, -0.05) is 0 Å². The lowest BCUT2D eigenvalue weighted by molar-refractivity contribution is -0.385. The average Bonchev–Trinajstić information content (AvgIpc) is 2.84. The molecule has 3 N–H and O–H groups in total. The van der Waals surface area contributed by atoms with E-state index in [0.717, 1.165) is 6.21 Å². The Bertz CT molecular complexity index is 626. The van der Waals surface area contributed by atoms with E-state index in [0.29, 0.717) is 5.75 Å². The molecule has 0 spiro atoms. The third kappa shape index (κ3) is 2.63. The number of hydrazone groups is 1. The highest BCUT2D eigenvalue weighted by molar-refractivity contribution is 6.34. The van der Waals surface area contributed by atoms with Crippen molar-refractivity contribution in [3.8, 4) is 11.5 Å². The Balaban J connectivity index is 2.26. The molecule has 0 aromatic heterocycles. The lowest BCUT2D eigenvalue weighted by Crippen LogP contribution is -2.32. The van der Waals surface area contributed by atoms with Crippen LogP contribution in [0.2, 0.25) is 0 Å². The second-order valence-electron chi connectivity index (χ2n) is 3.58. The number of amides is 2. The van der Waals surface area contributed by atoms with Crippen molar-refractivity contribution in [2.24, 2.45) is 10.8 Å². The Morgan fingerprint density at radius 1 is 1.40 bits per heavy atom. The third-order valence-electron chi connectivity index (χ3n) is 2.31. The third-order valence-corrected chi connectivity index (χ3v) is 2.31. The molecule has 104 valence electrons. The van der Waals surface area contributed by atoms with Gasteiger partial charge in [0.05, 0.1) is 22.8 Å². The number of carbonyl (C=O) groups is 2. The van der Waals surface area contributed by atoms with E-state index in [4.69, 9.17) is 15.2 Å². The number of hydrogen-bond donors (Lipinski definition) is 2. The number of primary amides is 1. The van der Waals surface area contributed by atoms with Crippen molar-refractivity contribution in [2.75, 3.05) is 6.79 Å². The molecule has 10 heteroatoms. The molecule has 0 radical (unpaired) electrons. The number of nitrogens with zero attached hydrogens (tertiary/aromatic N) is 2. The molecular formula is C10H8N4O6. The van der Waals surface area contributed by atoms with Gasteiger partial charge in [-0.05, 0) is 6.07 Å². The fourth-order valence-electron chi connectivity index (χ4n) is 1.42. The maximum atomic E-state index is 10.9. The Labute approximate surface area is 111 Å². The first-order chi connectivity index (χ1) is 9.49. The molecule has 0 bridgehead atoms. The largest absolute Gasteiger partial charge is 0.454 e. The molecule has 1 aliphatic rings. The molecule has 0 saturated carbocycles. The van der Waals surface area contributed by atoms with Crippen molar-refractivity contribution in [3.05, 3.63) is 27.8 Å². The van der Waals surface area contributed by atoms with Gasteiger partial charge in [0.15, 0.2) is 11.5 Å². The molecule has 1 heterocycles. The predicted molar refractivity (Wildman–Crippen MR) is 64.2 cm³/mol. The van der Waals surface area contributed by atoms with Gasteiger partial charge in [0.25, 0.3) is 5.69 Å². The highest BCUT2D eigenvalue weighted by Crippen LogP contribution is 2.37. The average molecular weight is 280 g/mol. The summed E-state index contributed by atoms with van der Waals surface area (Å²) in [5.41, 5.74) is 6.31. The van der Waals surface area contributed by atoms with Gasteiger partial charge in [-0.15, -0.1) is 0 Å². The highest BCUT2D eigenvalue weighted by Gasteiger charge is 2.22. The van der Waals surface area contributed by atoms with E-state index < -0.39 is 16.7 Å². The molecule has 1 aromatic rings. The van der Waals surface area contributed by atoms with Gasteiger partial charge in [0.2, 0.25) is 6.79 Å². The van der Waals surface area contributed by atoms with E-state index in [1.807, 2.05) is 5.43 Å². The number of fused-ring (bicyclic) bond motifs is 1. The van der Waals surface area contributed by atoms with Gasteiger partial charge >= 0.3 is 11.8 Å². The first-order valence-electron chi connectivity index (χ1n) is 5.20. The first-order valence-corrected chi connectivity index (χ1v) is 5.20. The van der Waals surface area contributed by atoms with E-state index in [-0.39, 0.29) is 23.8 Å². The summed E-state index contributed by atoms with van der Waals surface area (Å²) in [7, 11) is 0. The predicted octanol–water partition coefficient (Wildman–Crippen LogP) is -0.741. The van der Waals surface area contributed by atoms with E-state index in [1.54, 1.807) is 0 Å². The number of nitro benzene ring substituents is 1. The van der Waals surface area contributed by atoms with Crippen LogP contribution in [0.4, 0.5) is 5.69 Å². The SMILES string of the molecule is NC(=O)C(=O)NN=Cc1cc2c(cc1[N+](=O)[O-])OCO2. The van der Waals surface area contributed by atoms with Crippen LogP contribution in [0.5, 0.6) is 11.5 Å². The fraction of sp³-hybridized carbons (Fsp3) is 0.100. The Morgan fingerprint density at radius 2 is 2.05 bits per heavy atom. The van der Waals surface area contributed by atoms with E-state index in [9.17, 15) is 19.7 Å². The van der Waals surface area contributed by atoms with Crippen LogP contribution in [0.1, 0.15) is 5.56 Å². The maximum absolute atomic E-state index is 10.9. The fourth-order valence-corrected chi connectivity index (χ4v) is 1.42. The Morgan fingerprint density at radius 3 is 2.65 bits per heavy atom. The quantitative estimate of drug-likeness (QED) is 0.322. The minimum atomic E-state index is -1.22. The number of hydrogen-bond acceptors (Lipinski definition) is 7. The number of nitrogens with two attached hydrogens (primary N) is 1. The normalized spacial score (nSPS) is 12.4. The van der Waals surface area contributed by atoms with Crippen molar-refractivity contribution in [1.29, 1.82) is 0 Å². The van der Waals surface area contributed by atoms with Gasteiger partial charge < -0.3 is 15.2 Å². The lowest BCUT2D eigenvalue weighted by Gasteiger charge is -2.00. The minimum Gasteiger partial charge on any atom is -0.454 e. The number of nitro groups is 1. The summed E-state index contributed by atoms with van der Waals surface area (Å²) in [6, 6.07) is 2.51. The van der Waals surface area contributed by atoms with Crippen LogP contribution in [0.3, 0.4) is 0 Å². The van der Waals surface area contributed by atoms with Gasteiger partial charge in [0.1, 0.15) is 0 Å². The molecule has 2 rings (SSSR count). The maximum Gasteiger partial charge on any atom is 0.329 e. The number of rotatable bonds is 3. The van der Waals surface area contributed by atoms with Gasteiger partial charge in [0, 0.05) is 0 Å². The molecule has 0 saturated heterocycles. The van der Waals surface area contributed by atoms with Crippen LogP contribution in [0, 0.1) is 10.1 Å². The van der Waals surface area contributed by atoms with Gasteiger partial charge in [-0.25, -0.2) is 5.43 Å². The molecule has 20 heavy (non-hydrogen) atoms. The molecule has 2 amide bonds. The molecule has 0 atom stereocenters. The Kier molecular flexibility index (Phi) is 3.46. The number of benzene rings is 1. The summed E-state index contributed by atoms with van der Waals surface area (Å²) in [6.07, 6.45) is 1.00. The van der Waals surface area contributed by atoms with Crippen molar-refractivity contribution in [2.45, 2.75) is 0 Å². The van der Waals surface area contributed by atoms with E-state index in [1.165, 1.54) is 12.1 Å². The van der Waals surface area contributed by atoms with Gasteiger partial charge in [-0.2, -0.15) is 5.10 Å². The molecule has 1 aromatic carbocycles. The highest BCUT2D eigenvalue weighted by atomic mass is 16.7. The van der Waals surface area contributed by atoms with E-state index >= 15 is 0 Å². The summed E-state index contributed by atoms with van der Waals surface area (Å²) in [4.78, 5) is 31.6. The van der Waals surface area contributed by atoms with Crippen molar-refractivity contribution >= 4 is 23.7 Å². The molecule has 1 aliphatic heterocycles. The van der Waals surface area contributed by atoms with Crippen molar-refractivity contribution in [3.63, 3.8) is 0 Å². The van der Waals surface area contributed by atoms with Crippen LogP contribution in [0.25, 0.3) is 0 Å². The topological polar surface area (TPSA) is 146 Å². The number of ether oxygens (including phenoxy) is 2. The minimum absolute atomic E-state index is 0.0362. The zero-order chi connectivity index (χ0) is 14.7. The monoisotopic (exact) mass is 280 g/mol. The zero-order valence-corrected chi connectivity index (χ0v) is 9.86. The summed E-state index contributed by atoms with van der Waals surface area (Å²) < 4.78 is 10.1. The van der Waals surface area contributed by atoms with Crippen LogP contribution in [-0.2, 0) is 9.59 Å². The van der Waals surface area contributed by atoms with Crippen molar-refractivity contribution < 1.29 is 24.0 Å². The van der Waals surface area contributed by atoms with Crippen LogP contribution in [0.15, 0.2) is 17.2 Å². The summed E-state index contributed by atoms with van der Waals surface area (Å²) >= 11 is 0. The van der Waals surface area contributed by atoms with Crippen LogP contribution < -0.4 is 20.6 Å². The second kappa shape index (κ2) is 5.22. The van der Waals surface area contributed by atoms with E-state index in [2.05, 4.69) is 5.10 Å². The smallest absolute Gasteiger partial charge is 0.329 e. The second-order valence-corrected chi connectivity index (χ2v) is 3.58. The first kappa shape index (κ1) is 13.3. The molecule has 0 unspecified atom stereocenters. The number of nitrogens with one attached hydrogen (secondary N) is 1. The zero-order valence-electron chi connectivity index (χ0n) is 9.86. The number of carbonyl (C=O) groups excluding carboxylic acids is 2. The Hall–Kier alpha value is -3.17. The molecule has 0 fully saturated rings. The van der Waals surface area contributed by atoms with Crippen LogP contribution in [-0.4, -0.2) is 29.7 Å². The summed E-state index contributed by atoms with van der Waals surface area (Å²) in [5, 5.41) is 14.3. The lowest BCUT2D eigenvalue weighted by atomic mass is 10.1. The molecule has 10 nitrogen and oxygen atoms in total. The standard InChI is InChI=1S/C10H8N4O6/c11-9(15)10(16)13-12-3-5-1-7-8(20-4-19-7)2-6(5)14(17)18/h1-3H,4H2,(H2,11,15)(H,13,16). The molecule has 0 aliphatic carbocycles. The summed E-state index contributed by atoms with van der Waals surface area (Å²) in [6.45, 7) is -0.0362. The van der Waals surface area contributed by atoms with Crippen LogP contribution >= 0.6 is 0 Å². The van der Waals surface area contributed by atoms with Gasteiger partial charge in [-0.3, -0.25) is 19.7 Å². The van der Waals surface area contributed by atoms with Crippen molar-refractivity contribution in [1.82, 2.24) is 5.43 Å². The molecular weight excluding hydrogens is 272 g/mol. The summed E-state index contributed by atoms with van der Waals surface area (Å²) in [5.74, 6) is -1.79.